The van der Waals surface area contributed by atoms with Crippen molar-refractivity contribution in [1.29, 1.82) is 0 Å². The van der Waals surface area contributed by atoms with Gasteiger partial charge >= 0.3 is 17.9 Å². The molecule has 11 amide bonds. The number of likely N-dealkylation sites (tertiary alicyclic amines) is 1. The Kier molecular flexibility index (Phi) is 39.3. The van der Waals surface area contributed by atoms with Gasteiger partial charge in [-0.05, 0) is 114 Å². The number of carboxylic acids is 3. The van der Waals surface area contributed by atoms with Gasteiger partial charge in [-0.3, -0.25) is 76.9 Å². The van der Waals surface area contributed by atoms with Crippen LogP contribution in [0.15, 0.2) is 4.99 Å². The molecule has 113 heavy (non-hydrogen) atoms. The van der Waals surface area contributed by atoms with Crippen molar-refractivity contribution in [3.8, 4) is 0 Å². The summed E-state index contributed by atoms with van der Waals surface area (Å²) < 4.78 is -1.46. The number of fused-ring (bicyclic) bond motifs is 4. The molecule has 0 aromatic carbocycles. The minimum atomic E-state index is -2.74. The summed E-state index contributed by atoms with van der Waals surface area (Å²) in [6, 6.07) is -13.6. The smallest absolute Gasteiger partial charge is 0.336 e. The van der Waals surface area contributed by atoms with Gasteiger partial charge in [-0.15, -0.1) is 0 Å². The van der Waals surface area contributed by atoms with Crippen LogP contribution in [0.2, 0.25) is 0 Å². The van der Waals surface area contributed by atoms with Gasteiger partial charge in [-0.1, -0.05) is 116 Å². The predicted octanol–water partition coefficient (Wildman–Crippen LogP) is 0.106. The van der Waals surface area contributed by atoms with Crippen LogP contribution in [0.4, 0.5) is 0 Å². The van der Waals surface area contributed by atoms with Gasteiger partial charge in [0.15, 0.2) is 17.3 Å². The maximum absolute atomic E-state index is 15.5. The molecule has 36 nitrogen and oxygen atoms in total. The summed E-state index contributed by atoms with van der Waals surface area (Å²) in [5.41, 5.74) is 14.2. The van der Waals surface area contributed by atoms with Crippen LogP contribution in [0, 0.1) is 41.4 Å². The zero-order valence-corrected chi connectivity index (χ0v) is 68.7. The number of guanidine groups is 1. The minimum Gasteiger partial charge on any atom is -0.481 e. The number of nitrogens with one attached hydrogen (secondary N) is 7. The van der Waals surface area contributed by atoms with Gasteiger partial charge in [0.1, 0.15) is 60.2 Å². The van der Waals surface area contributed by atoms with Crippen molar-refractivity contribution in [2.75, 3.05) is 38.6 Å². The maximum atomic E-state index is 15.5. The zero-order chi connectivity index (χ0) is 85.1. The number of nitrogens with zero attached hydrogens (tertiary/aromatic N) is 4. The quantitative estimate of drug-likeness (QED) is 0.0214. The summed E-state index contributed by atoms with van der Waals surface area (Å²) in [7, 11) is 1.95. The molecule has 0 unspecified atom stereocenters. The third kappa shape index (κ3) is 28.0. The summed E-state index contributed by atoms with van der Waals surface area (Å²) in [4.78, 5) is 229. The van der Waals surface area contributed by atoms with Crippen molar-refractivity contribution in [3.05, 3.63) is 0 Å². The van der Waals surface area contributed by atoms with E-state index in [1.807, 2.05) is 34.6 Å². The molecule has 0 bridgehead atoms. The molecule has 17 atom stereocenters. The average molecular weight is 1640 g/mol. The molecule has 5 fully saturated rings. The molecule has 1 saturated carbocycles. The first-order valence-corrected chi connectivity index (χ1v) is 41.8. The molecule has 0 aromatic rings. The number of Topliss-reactive ketones (excluding diaryl/α,β-unsaturated/α-hetero) is 2. The van der Waals surface area contributed by atoms with Crippen molar-refractivity contribution in [2.24, 2.45) is 63.6 Å². The largest absolute Gasteiger partial charge is 0.481 e. The second-order valence-electron chi connectivity index (χ2n) is 31.6. The van der Waals surface area contributed by atoms with Crippen LogP contribution >= 0.6 is 21.6 Å². The highest BCUT2D eigenvalue weighted by atomic mass is 33.1. The number of primary amides is 1. The summed E-state index contributed by atoms with van der Waals surface area (Å²) in [5.74, 6) is -19.0. The highest BCUT2D eigenvalue weighted by Crippen LogP contribution is 2.43. The number of carbonyl (C=O) groups is 16. The summed E-state index contributed by atoms with van der Waals surface area (Å²) >= 11 is 0. The van der Waals surface area contributed by atoms with Gasteiger partial charge < -0.3 is 99.8 Å². The first-order valence-electron chi connectivity index (χ1n) is 39.4. The number of aliphatic hydroxyl groups excluding tert-OH is 2. The average Bonchev–Trinajstić information content (AvgIpc) is 1.64. The van der Waals surface area contributed by atoms with Crippen LogP contribution in [0.1, 0.15) is 211 Å². The van der Waals surface area contributed by atoms with Gasteiger partial charge in [0.05, 0.1) is 32.1 Å². The standard InChI is InChI=1S/C69H116N14O15S2.C6H8O7/c1-12-21-53(88)77-54(38(7)13-2)62(93)76-46-36-99-100-69(10,11)57(64(95)79-56(40(9)15-4)67(98)81-28-19-25-48(81)58(70)89)80-63(94)55(39(8)14-3)78-61(92)50-31-41-22-16-17-24-47(41)83(50)66(97)49-26-20-29-82(49)65(96)42(30-37(5)6)32-51(86)43(34-84)33-52(87)44(23-18-27-73-68(71)72)74-59(90)45(35-85)75-60(46)91;7-3(8)1-6(13,5(11)12)2-4(9)10/h37-50,54-57,84-85H,12-36H2,1-11H3,(H2,70,89)(H,74,90)(H,75,91)(H,76,93)(H,77,88)(H,78,92)(H,79,95)(H,80,94)(H4,71,72,73);13H,1-2H2,(H,7,8)(H,9,10)(H,11,12)/t38-,39-,40-,41-,42+,43-,44-,45-,46-,47-,48-,49-,50-,54-,55-,56-,57+;/m0./s1. The predicted molar refractivity (Wildman–Crippen MR) is 417 cm³/mol. The van der Waals surface area contributed by atoms with Gasteiger partial charge in [-0.2, -0.15) is 0 Å². The Morgan fingerprint density at radius 1 is 0.673 bits per heavy atom. The molecule has 5 rings (SSSR count). The Labute approximate surface area is 668 Å². The van der Waals surface area contributed by atoms with Crippen molar-refractivity contribution >= 4 is 122 Å². The van der Waals surface area contributed by atoms with E-state index in [4.69, 9.17) is 37.6 Å². The van der Waals surface area contributed by atoms with E-state index in [0.29, 0.717) is 51.4 Å². The SMILES string of the molecule is CCCC(=O)N[C@H](C(=O)N[C@H]1CSSC(C)(C)[C@@H](C(=O)N[C@H](C(=O)N2CCC[C@H]2C(N)=O)[C@@H](C)CC)NC(=O)[C@H]([C@@H](C)CC)NC(=O)[C@@H]2C[C@@H]3CCCC[C@@H]3N2C(=O)[C@@H]2CCCN2C(=O)[C@H](CC(C)C)CC(=O)[C@H](CO)CC(=O)[C@H](CCCN=C(N)N)NC(=O)[C@H](CO)NC1=O)[C@@H](C)CC.O=C(O)CC(O)(CC(=O)O)C(=O)O. The molecule has 0 radical (unpaired) electrons. The number of hydrogen-bond acceptors (Lipinski definition) is 22. The van der Waals surface area contributed by atoms with Gasteiger partial charge in [0.25, 0.3) is 0 Å². The Morgan fingerprint density at radius 2 is 1.28 bits per heavy atom. The Hall–Kier alpha value is -8.23. The second-order valence-corrected chi connectivity index (χ2v) is 34.6. The first-order chi connectivity index (χ1) is 53.1. The Balaban J connectivity index is 0.00000188. The number of nitrogens with two attached hydrogens (primary N) is 3. The third-order valence-corrected chi connectivity index (χ3v) is 25.3. The van der Waals surface area contributed by atoms with E-state index in [-0.39, 0.29) is 87.7 Å². The van der Waals surface area contributed by atoms with E-state index in [0.717, 1.165) is 40.9 Å². The molecular formula is C75H124N14O22S2. The zero-order valence-electron chi connectivity index (χ0n) is 67.0. The molecule has 19 N–H and O–H groups in total. The number of aliphatic carboxylic acids is 3. The van der Waals surface area contributed by atoms with E-state index in [1.165, 1.54) is 9.80 Å². The highest BCUT2D eigenvalue weighted by molar-refractivity contribution is 8.77. The first kappa shape index (κ1) is 97.1. The van der Waals surface area contributed by atoms with E-state index >= 15 is 24.0 Å². The number of aliphatic hydroxyl groups is 3. The molecule has 4 aliphatic heterocycles. The van der Waals surface area contributed by atoms with Crippen LogP contribution in [-0.2, 0) is 76.7 Å². The van der Waals surface area contributed by atoms with Gasteiger partial charge in [-0.25, -0.2) is 4.79 Å². The van der Waals surface area contributed by atoms with Gasteiger partial charge in [0.2, 0.25) is 65.0 Å². The molecule has 4 heterocycles. The molecule has 0 aromatic heterocycles. The molecule has 638 valence electrons. The number of aliphatic imine (C=N–C) groups is 1. The molecule has 5 aliphatic rings. The maximum Gasteiger partial charge on any atom is 0.336 e. The van der Waals surface area contributed by atoms with E-state index in [9.17, 15) is 63.0 Å². The van der Waals surface area contributed by atoms with Gasteiger partial charge in [0, 0.05) is 67.3 Å². The number of amides is 11. The number of rotatable bonds is 28. The highest BCUT2D eigenvalue weighted by Gasteiger charge is 2.53. The fourth-order valence-corrected chi connectivity index (χ4v) is 17.8. The lowest BCUT2D eigenvalue weighted by Crippen LogP contribution is -2.64. The number of hydrogen-bond donors (Lipinski definition) is 16. The Bertz CT molecular complexity index is 3380. The van der Waals surface area contributed by atoms with Crippen molar-refractivity contribution < 1.29 is 107 Å². The fraction of sp³-hybridized carbons (Fsp3) is 0.773. The van der Waals surface area contributed by atoms with Crippen molar-refractivity contribution in [3.63, 3.8) is 0 Å². The van der Waals surface area contributed by atoms with Crippen LogP contribution in [0.3, 0.4) is 0 Å². The normalized spacial score (nSPS) is 26.7. The third-order valence-electron chi connectivity index (χ3n) is 22.0. The molecule has 4 saturated heterocycles. The van der Waals surface area contributed by atoms with E-state index in [1.54, 1.807) is 46.4 Å². The lowest BCUT2D eigenvalue weighted by molar-refractivity contribution is -0.170. The van der Waals surface area contributed by atoms with Crippen LogP contribution < -0.4 is 54.4 Å². The molecule has 1 aliphatic carbocycles. The Morgan fingerprint density at radius 3 is 1.85 bits per heavy atom. The summed E-state index contributed by atoms with van der Waals surface area (Å²) in [5, 5.41) is 75.0. The topological polar surface area (TPSA) is 579 Å². The minimum absolute atomic E-state index is 0.00704. The second kappa shape index (κ2) is 45.8. The van der Waals surface area contributed by atoms with Crippen molar-refractivity contribution in [1.82, 2.24) is 51.9 Å². The summed E-state index contributed by atoms with van der Waals surface area (Å²) in [6.45, 7) is 17.9. The summed E-state index contributed by atoms with van der Waals surface area (Å²) in [6.07, 6.45) is 3.18. The number of carboxylic acid groups (broad SMARTS) is 3. The molecule has 0 spiro atoms. The van der Waals surface area contributed by atoms with Crippen molar-refractivity contribution in [2.45, 2.75) is 288 Å². The molecular weight excluding hydrogens is 1510 g/mol. The van der Waals surface area contributed by atoms with E-state index < -0.39 is 234 Å². The van der Waals surface area contributed by atoms with Crippen LogP contribution in [0.25, 0.3) is 0 Å². The number of ketones is 2. The van der Waals surface area contributed by atoms with Crippen LogP contribution in [-0.4, -0.2) is 261 Å². The van der Waals surface area contributed by atoms with Crippen LogP contribution in [0.5, 0.6) is 0 Å². The fourth-order valence-electron chi connectivity index (χ4n) is 15.0. The lowest BCUT2D eigenvalue weighted by atomic mass is 9.84. The number of carbonyl (C=O) groups excluding carboxylic acids is 13. The molecule has 38 heteroatoms. The van der Waals surface area contributed by atoms with E-state index in [2.05, 4.69) is 42.2 Å². The monoisotopic (exact) mass is 1640 g/mol. The lowest BCUT2D eigenvalue weighted by Gasteiger charge is -2.38.